The second-order valence-electron chi connectivity index (χ2n) is 7.36. The first kappa shape index (κ1) is 27.3. The maximum absolute atomic E-state index is 14.8. The Labute approximate surface area is 202 Å². The Morgan fingerprint density at radius 2 is 2.14 bits per heavy atom. The number of anilines is 2. The molecule has 0 saturated carbocycles. The maximum Gasteiger partial charge on any atom is 0.414 e. The third kappa shape index (κ3) is 7.55. The third-order valence-electron chi connectivity index (χ3n) is 4.94. The third-order valence-corrected chi connectivity index (χ3v) is 4.94. The Morgan fingerprint density at radius 3 is 2.71 bits per heavy atom. The van der Waals surface area contributed by atoms with Crippen LogP contribution in [0.1, 0.15) is 6.92 Å². The number of ether oxygens (including phenoxy) is 1. The van der Waals surface area contributed by atoms with Crippen LogP contribution >= 0.6 is 0 Å². The summed E-state index contributed by atoms with van der Waals surface area (Å²) < 4.78 is 20.1. The zero-order valence-corrected chi connectivity index (χ0v) is 19.7. The minimum absolute atomic E-state index is 0.0998. The number of pyridine rings is 1. The summed E-state index contributed by atoms with van der Waals surface area (Å²) >= 11 is 0. The van der Waals surface area contributed by atoms with E-state index in [1.165, 1.54) is 24.1 Å². The Kier molecular flexibility index (Phi) is 10.7. The average molecular weight is 488 g/mol. The highest BCUT2D eigenvalue weighted by Gasteiger charge is 2.32. The first-order chi connectivity index (χ1) is 16.9. The quantitative estimate of drug-likeness (QED) is 0.221. The number of nitrogens with two attached hydrogens (primary N) is 1. The summed E-state index contributed by atoms with van der Waals surface area (Å²) in [5.74, 6) is -0.287. The van der Waals surface area contributed by atoms with E-state index in [9.17, 15) is 14.0 Å². The fourth-order valence-electron chi connectivity index (χ4n) is 3.32. The maximum atomic E-state index is 14.8. The van der Waals surface area contributed by atoms with Gasteiger partial charge in [-0.25, -0.2) is 14.2 Å². The molecule has 0 spiro atoms. The van der Waals surface area contributed by atoms with E-state index >= 15 is 0 Å². The number of aldehydes is 1. The van der Waals surface area contributed by atoms with Gasteiger partial charge in [-0.15, -0.1) is 0 Å². The Hall–Kier alpha value is -3.90. The van der Waals surface area contributed by atoms with E-state index in [1.54, 1.807) is 36.2 Å². The predicted molar refractivity (Wildman–Crippen MR) is 131 cm³/mol. The van der Waals surface area contributed by atoms with Crippen LogP contribution in [0.25, 0.3) is 11.1 Å². The van der Waals surface area contributed by atoms with Crippen LogP contribution in [0.15, 0.2) is 36.5 Å². The van der Waals surface area contributed by atoms with E-state index in [2.05, 4.69) is 15.6 Å². The standard InChI is InChI=1S/C21H26FN7O3.C2H4O/c1-25-11-16-12-29(21(31)32-16)15-3-4-17(18(22)8-15)14-2-5-19(27-10-14)28(13-24)7-6-26-20(30)9-23;1-2-3/h2-5,8,10,13,16,24-25H,6-7,9,11-12,23H2,1H3,(H,26,30);2H,1H3. The molecule has 1 aliphatic rings. The lowest BCUT2D eigenvalue weighted by atomic mass is 10.1. The van der Waals surface area contributed by atoms with E-state index in [1.807, 2.05) is 0 Å². The van der Waals surface area contributed by atoms with Crippen molar-refractivity contribution >= 4 is 36.1 Å². The number of aromatic nitrogens is 1. The van der Waals surface area contributed by atoms with Crippen LogP contribution < -0.4 is 26.2 Å². The lowest BCUT2D eigenvalue weighted by Gasteiger charge is -2.18. The van der Waals surface area contributed by atoms with Crippen LogP contribution in [0.3, 0.4) is 0 Å². The van der Waals surface area contributed by atoms with Gasteiger partial charge >= 0.3 is 6.09 Å². The number of halogens is 1. The number of cyclic esters (lactones) is 1. The molecule has 11 nitrogen and oxygen atoms in total. The number of nitrogens with one attached hydrogen (secondary N) is 3. The minimum Gasteiger partial charge on any atom is -0.443 e. The molecule has 1 unspecified atom stereocenters. The van der Waals surface area contributed by atoms with E-state index in [0.29, 0.717) is 48.8 Å². The van der Waals surface area contributed by atoms with Gasteiger partial charge in [0.05, 0.1) is 25.1 Å². The van der Waals surface area contributed by atoms with Crippen LogP contribution in [0.2, 0.25) is 0 Å². The highest BCUT2D eigenvalue weighted by atomic mass is 19.1. The molecular weight excluding hydrogens is 457 g/mol. The van der Waals surface area contributed by atoms with Crippen molar-refractivity contribution in [3.63, 3.8) is 0 Å². The molecule has 188 valence electrons. The van der Waals surface area contributed by atoms with Gasteiger partial charge in [0.15, 0.2) is 0 Å². The van der Waals surface area contributed by atoms with Crippen LogP contribution in [0, 0.1) is 11.2 Å². The second kappa shape index (κ2) is 13.7. The number of amides is 2. The van der Waals surface area contributed by atoms with Gasteiger partial charge in [0.1, 0.15) is 24.0 Å². The molecular formula is C23H30FN7O4. The lowest BCUT2D eigenvalue weighted by Crippen LogP contribution is -2.37. The van der Waals surface area contributed by atoms with Crippen molar-refractivity contribution in [2.24, 2.45) is 5.73 Å². The fraction of sp³-hybridized carbons (Fsp3) is 0.348. The van der Waals surface area contributed by atoms with Crippen molar-refractivity contribution < 1.29 is 23.5 Å². The van der Waals surface area contributed by atoms with E-state index in [4.69, 9.17) is 20.7 Å². The summed E-state index contributed by atoms with van der Waals surface area (Å²) in [6.45, 7) is 2.86. The first-order valence-corrected chi connectivity index (χ1v) is 10.9. The van der Waals surface area contributed by atoms with Gasteiger partial charge < -0.3 is 30.8 Å². The number of hydrogen-bond acceptors (Lipinski definition) is 8. The molecule has 35 heavy (non-hydrogen) atoms. The summed E-state index contributed by atoms with van der Waals surface area (Å²) in [5, 5.41) is 13.1. The van der Waals surface area contributed by atoms with Crippen molar-refractivity contribution in [3.05, 3.63) is 42.3 Å². The number of hydrogen-bond donors (Lipinski definition) is 4. The largest absolute Gasteiger partial charge is 0.443 e. The van der Waals surface area contributed by atoms with Gasteiger partial charge in [-0.3, -0.25) is 15.1 Å². The zero-order valence-electron chi connectivity index (χ0n) is 19.7. The van der Waals surface area contributed by atoms with Crippen LogP contribution in [-0.4, -0.2) is 75.5 Å². The molecule has 0 aliphatic carbocycles. The molecule has 2 amide bonds. The predicted octanol–water partition coefficient (Wildman–Crippen LogP) is 1.13. The lowest BCUT2D eigenvalue weighted by molar-refractivity contribution is -0.119. The van der Waals surface area contributed by atoms with Gasteiger partial charge in [-0.2, -0.15) is 0 Å². The normalized spacial score (nSPS) is 14.5. The molecule has 2 aromatic rings. The van der Waals surface area contributed by atoms with Crippen molar-refractivity contribution in [1.82, 2.24) is 15.6 Å². The molecule has 1 fully saturated rings. The highest BCUT2D eigenvalue weighted by molar-refractivity contribution is 5.90. The van der Waals surface area contributed by atoms with E-state index < -0.39 is 11.9 Å². The smallest absolute Gasteiger partial charge is 0.414 e. The number of nitrogens with zero attached hydrogens (tertiary/aromatic N) is 3. The Morgan fingerprint density at radius 1 is 1.40 bits per heavy atom. The van der Waals surface area contributed by atoms with E-state index in [0.717, 1.165) is 12.6 Å². The average Bonchev–Trinajstić information content (AvgIpc) is 3.22. The number of carbonyl (C=O) groups is 3. The summed E-state index contributed by atoms with van der Waals surface area (Å²) in [4.78, 5) is 39.4. The summed E-state index contributed by atoms with van der Waals surface area (Å²) in [6, 6.07) is 7.92. The minimum atomic E-state index is -0.502. The van der Waals surface area contributed by atoms with Gasteiger partial charge in [0.2, 0.25) is 5.91 Å². The summed E-state index contributed by atoms with van der Waals surface area (Å²) in [7, 11) is 1.77. The number of carbonyl (C=O) groups excluding carboxylic acids is 3. The van der Waals surface area contributed by atoms with Crippen LogP contribution in [-0.2, 0) is 14.3 Å². The highest BCUT2D eigenvalue weighted by Crippen LogP contribution is 2.29. The molecule has 1 saturated heterocycles. The monoisotopic (exact) mass is 487 g/mol. The van der Waals surface area contributed by atoms with Gasteiger partial charge in [0, 0.05) is 37.0 Å². The molecule has 5 N–H and O–H groups in total. The van der Waals surface area contributed by atoms with Crippen LogP contribution in [0.5, 0.6) is 0 Å². The molecule has 1 aromatic heterocycles. The SMILES string of the molecule is CC=O.CNCC1CN(c2ccc(-c3ccc(N(C=N)CCNC(=O)CN)nc3)c(F)c2)C(=O)O1. The first-order valence-electron chi connectivity index (χ1n) is 10.9. The van der Waals surface area contributed by atoms with Crippen molar-refractivity contribution in [1.29, 1.82) is 5.41 Å². The summed E-state index contributed by atoms with van der Waals surface area (Å²) in [5.41, 5.74) is 6.56. The molecule has 12 heteroatoms. The van der Waals surface area contributed by atoms with E-state index in [-0.39, 0.29) is 18.6 Å². The topological polar surface area (TPSA) is 154 Å². The van der Waals surface area contributed by atoms with Gasteiger partial charge in [0.25, 0.3) is 0 Å². The van der Waals surface area contributed by atoms with Gasteiger partial charge in [-0.1, -0.05) is 0 Å². The Bertz CT molecular complexity index is 1020. The number of benzene rings is 1. The molecule has 1 aromatic carbocycles. The molecule has 2 heterocycles. The van der Waals surface area contributed by atoms with Crippen molar-refractivity contribution in [3.8, 4) is 11.1 Å². The Balaban J connectivity index is 0.00000137. The molecule has 1 aliphatic heterocycles. The zero-order chi connectivity index (χ0) is 25.8. The molecule has 1 atom stereocenters. The molecule has 3 rings (SSSR count). The number of likely N-dealkylation sites (N-methyl/N-ethyl adjacent to an activating group) is 1. The second-order valence-corrected chi connectivity index (χ2v) is 7.36. The fourth-order valence-corrected chi connectivity index (χ4v) is 3.32. The number of rotatable bonds is 10. The van der Waals surface area contributed by atoms with Crippen LogP contribution in [0.4, 0.5) is 20.7 Å². The van der Waals surface area contributed by atoms with Gasteiger partial charge in [-0.05, 0) is 44.3 Å². The van der Waals surface area contributed by atoms with Crippen molar-refractivity contribution in [2.75, 3.05) is 49.6 Å². The van der Waals surface area contributed by atoms with Crippen molar-refractivity contribution in [2.45, 2.75) is 13.0 Å². The molecule has 0 bridgehead atoms. The molecule has 0 radical (unpaired) electrons. The summed E-state index contributed by atoms with van der Waals surface area (Å²) in [6.07, 6.45) is 2.57.